The van der Waals surface area contributed by atoms with Gasteiger partial charge in [0.25, 0.3) is 0 Å². The van der Waals surface area contributed by atoms with Crippen molar-refractivity contribution in [3.05, 3.63) is 23.9 Å². The second kappa shape index (κ2) is 3.87. The van der Waals surface area contributed by atoms with Gasteiger partial charge in [-0.05, 0) is 19.3 Å². The summed E-state index contributed by atoms with van der Waals surface area (Å²) in [4.78, 5) is 4.21. The molecule has 2 N–H and O–H groups in total. The minimum Gasteiger partial charge on any atom is -0.381 e. The van der Waals surface area contributed by atoms with E-state index in [4.69, 9.17) is 5.73 Å². The Morgan fingerprint density at radius 3 is 3.00 bits per heavy atom. The standard InChI is InChI=1S/C11H16N6/c1-2-10-11(12)14-15-17(10)6-9-5-13-7-16(9)8-3-4-8/h5,7-8H,2-4,6,12H2,1H3. The molecule has 1 aliphatic carbocycles. The number of nitrogen functional groups attached to an aromatic ring is 1. The zero-order valence-corrected chi connectivity index (χ0v) is 9.87. The first-order valence-electron chi connectivity index (χ1n) is 5.98. The Morgan fingerprint density at radius 1 is 1.47 bits per heavy atom. The average molecular weight is 232 g/mol. The minimum absolute atomic E-state index is 0.532. The van der Waals surface area contributed by atoms with Crippen LogP contribution in [0.2, 0.25) is 0 Å². The predicted octanol–water partition coefficient (Wildman–Crippen LogP) is 1.00. The molecular weight excluding hydrogens is 216 g/mol. The highest BCUT2D eigenvalue weighted by Gasteiger charge is 2.25. The Hall–Kier alpha value is -1.85. The molecule has 3 rings (SSSR count). The molecule has 0 aliphatic heterocycles. The number of nitrogens with two attached hydrogens (primary N) is 1. The van der Waals surface area contributed by atoms with Gasteiger partial charge in [0.1, 0.15) is 0 Å². The monoisotopic (exact) mass is 232 g/mol. The van der Waals surface area contributed by atoms with Crippen LogP contribution in [0.4, 0.5) is 5.82 Å². The molecule has 0 amide bonds. The molecule has 0 spiro atoms. The number of rotatable bonds is 4. The maximum absolute atomic E-state index is 5.77. The zero-order valence-electron chi connectivity index (χ0n) is 9.87. The number of nitrogens with zero attached hydrogens (tertiary/aromatic N) is 5. The van der Waals surface area contributed by atoms with Crippen LogP contribution in [0.5, 0.6) is 0 Å². The molecule has 0 atom stereocenters. The van der Waals surface area contributed by atoms with Crippen molar-refractivity contribution in [2.45, 2.75) is 38.8 Å². The van der Waals surface area contributed by atoms with E-state index in [0.29, 0.717) is 18.4 Å². The van der Waals surface area contributed by atoms with Crippen LogP contribution >= 0.6 is 0 Å². The summed E-state index contributed by atoms with van der Waals surface area (Å²) >= 11 is 0. The van der Waals surface area contributed by atoms with Gasteiger partial charge in [-0.15, -0.1) is 5.10 Å². The zero-order chi connectivity index (χ0) is 11.8. The van der Waals surface area contributed by atoms with Gasteiger partial charge in [0.2, 0.25) is 0 Å². The molecule has 1 aliphatic rings. The molecule has 6 heteroatoms. The molecule has 17 heavy (non-hydrogen) atoms. The van der Waals surface area contributed by atoms with Crippen LogP contribution in [0.3, 0.4) is 0 Å². The fraction of sp³-hybridized carbons (Fsp3) is 0.545. The lowest BCUT2D eigenvalue weighted by Gasteiger charge is -2.08. The van der Waals surface area contributed by atoms with E-state index >= 15 is 0 Å². The van der Waals surface area contributed by atoms with E-state index in [1.54, 1.807) is 0 Å². The lowest BCUT2D eigenvalue weighted by Crippen LogP contribution is -2.10. The quantitative estimate of drug-likeness (QED) is 0.853. The van der Waals surface area contributed by atoms with Crippen molar-refractivity contribution in [3.63, 3.8) is 0 Å². The molecule has 1 fully saturated rings. The van der Waals surface area contributed by atoms with Crippen LogP contribution in [-0.4, -0.2) is 24.5 Å². The fourth-order valence-electron chi connectivity index (χ4n) is 2.13. The summed E-state index contributed by atoms with van der Waals surface area (Å²) < 4.78 is 4.10. The second-order valence-electron chi connectivity index (χ2n) is 4.46. The molecule has 2 aromatic heterocycles. The van der Waals surface area contributed by atoms with E-state index in [9.17, 15) is 0 Å². The molecular formula is C11H16N6. The topological polar surface area (TPSA) is 74.6 Å². The lowest BCUT2D eigenvalue weighted by atomic mass is 10.3. The molecule has 1 saturated carbocycles. The number of hydrogen-bond acceptors (Lipinski definition) is 4. The van der Waals surface area contributed by atoms with Crippen LogP contribution in [-0.2, 0) is 13.0 Å². The van der Waals surface area contributed by atoms with Gasteiger partial charge in [-0.3, -0.25) is 0 Å². The SMILES string of the molecule is CCc1c(N)nnn1Cc1cncn1C1CC1. The number of aromatic nitrogens is 5. The Kier molecular flexibility index (Phi) is 2.35. The van der Waals surface area contributed by atoms with Crippen LogP contribution in [0.25, 0.3) is 0 Å². The largest absolute Gasteiger partial charge is 0.381 e. The van der Waals surface area contributed by atoms with E-state index in [0.717, 1.165) is 12.1 Å². The Bertz CT molecular complexity index is 522. The summed E-state index contributed by atoms with van der Waals surface area (Å²) in [5.41, 5.74) is 7.94. The highest BCUT2D eigenvalue weighted by atomic mass is 15.4. The van der Waals surface area contributed by atoms with Gasteiger partial charge in [-0.2, -0.15) is 0 Å². The third kappa shape index (κ3) is 1.79. The van der Waals surface area contributed by atoms with E-state index in [1.807, 2.05) is 17.2 Å². The maximum Gasteiger partial charge on any atom is 0.169 e. The van der Waals surface area contributed by atoms with Crippen molar-refractivity contribution in [2.24, 2.45) is 0 Å². The van der Waals surface area contributed by atoms with Crippen molar-refractivity contribution < 1.29 is 0 Å². The Morgan fingerprint density at radius 2 is 2.29 bits per heavy atom. The molecule has 0 saturated heterocycles. The highest BCUT2D eigenvalue weighted by molar-refractivity contribution is 5.33. The third-order valence-corrected chi connectivity index (χ3v) is 3.20. The minimum atomic E-state index is 0.532. The number of imidazole rings is 1. The summed E-state index contributed by atoms with van der Waals surface area (Å²) in [5.74, 6) is 0.532. The van der Waals surface area contributed by atoms with Crippen LogP contribution in [0.1, 0.15) is 37.2 Å². The Labute approximate surface area is 99.4 Å². The summed E-state index contributed by atoms with van der Waals surface area (Å²) in [6.45, 7) is 2.76. The predicted molar refractivity (Wildman–Crippen MR) is 63.4 cm³/mol. The molecule has 0 aromatic carbocycles. The van der Waals surface area contributed by atoms with E-state index in [-0.39, 0.29) is 0 Å². The van der Waals surface area contributed by atoms with Gasteiger partial charge in [0.05, 0.1) is 30.5 Å². The molecule has 0 radical (unpaired) electrons. The first-order valence-corrected chi connectivity index (χ1v) is 5.98. The van der Waals surface area contributed by atoms with Gasteiger partial charge >= 0.3 is 0 Å². The van der Waals surface area contributed by atoms with Gasteiger partial charge in [-0.1, -0.05) is 12.1 Å². The van der Waals surface area contributed by atoms with Gasteiger partial charge in [0.15, 0.2) is 5.82 Å². The average Bonchev–Trinajstić information content (AvgIpc) is 2.97. The van der Waals surface area contributed by atoms with Crippen LogP contribution in [0.15, 0.2) is 12.5 Å². The fourth-order valence-corrected chi connectivity index (χ4v) is 2.13. The van der Waals surface area contributed by atoms with Crippen LogP contribution < -0.4 is 5.73 Å². The van der Waals surface area contributed by atoms with E-state index in [1.165, 1.54) is 18.5 Å². The molecule has 0 unspecified atom stereocenters. The summed E-state index contributed by atoms with van der Waals surface area (Å²) in [7, 11) is 0. The van der Waals surface area contributed by atoms with Crippen molar-refractivity contribution in [3.8, 4) is 0 Å². The smallest absolute Gasteiger partial charge is 0.169 e. The molecule has 6 nitrogen and oxygen atoms in total. The lowest BCUT2D eigenvalue weighted by molar-refractivity contribution is 0.579. The van der Waals surface area contributed by atoms with Crippen molar-refractivity contribution in [1.82, 2.24) is 24.5 Å². The van der Waals surface area contributed by atoms with Crippen molar-refractivity contribution in [1.29, 1.82) is 0 Å². The van der Waals surface area contributed by atoms with Gasteiger partial charge in [0, 0.05) is 6.04 Å². The maximum atomic E-state index is 5.77. The first kappa shape index (κ1) is 10.3. The molecule has 2 heterocycles. The molecule has 2 aromatic rings. The number of anilines is 1. The van der Waals surface area contributed by atoms with E-state index < -0.39 is 0 Å². The third-order valence-electron chi connectivity index (χ3n) is 3.20. The first-order chi connectivity index (χ1) is 8.29. The highest BCUT2D eigenvalue weighted by Crippen LogP contribution is 2.35. The molecule has 90 valence electrons. The van der Waals surface area contributed by atoms with Crippen LogP contribution in [0, 0.1) is 0 Å². The summed E-state index contributed by atoms with van der Waals surface area (Å²) in [6, 6.07) is 0.637. The normalized spacial score (nSPS) is 15.4. The van der Waals surface area contributed by atoms with Gasteiger partial charge < -0.3 is 10.3 Å². The summed E-state index contributed by atoms with van der Waals surface area (Å²) in [6.07, 6.45) is 7.15. The summed E-state index contributed by atoms with van der Waals surface area (Å²) in [5, 5.41) is 8.00. The van der Waals surface area contributed by atoms with Crippen molar-refractivity contribution >= 4 is 5.82 Å². The Balaban J connectivity index is 1.88. The van der Waals surface area contributed by atoms with Crippen molar-refractivity contribution in [2.75, 3.05) is 5.73 Å². The molecule has 0 bridgehead atoms. The number of hydrogen-bond donors (Lipinski definition) is 1. The van der Waals surface area contributed by atoms with Gasteiger partial charge in [-0.25, -0.2) is 9.67 Å². The van der Waals surface area contributed by atoms with E-state index in [2.05, 4.69) is 26.8 Å². The second-order valence-corrected chi connectivity index (χ2v) is 4.46.